The molecule has 1 aromatic rings. The fraction of sp³-hybridized carbons (Fsp3) is 0.562. The Bertz CT molecular complexity index is 487. The number of hydrogen-bond donors (Lipinski definition) is 1. The van der Waals surface area contributed by atoms with E-state index in [-0.39, 0.29) is 11.8 Å². The van der Waals surface area contributed by atoms with E-state index in [9.17, 15) is 9.90 Å². The minimum atomic E-state index is -0.671. The van der Waals surface area contributed by atoms with Crippen LogP contribution in [0, 0.1) is 11.8 Å². The van der Waals surface area contributed by atoms with Crippen LogP contribution in [0.2, 0.25) is 10.0 Å². The summed E-state index contributed by atoms with van der Waals surface area (Å²) in [5.41, 5.74) is 1.08. The smallest absolute Gasteiger partial charge is 0.306 e. The normalized spacial score (nSPS) is 21.2. The molecule has 0 spiro atoms. The highest BCUT2D eigenvalue weighted by Crippen LogP contribution is 2.28. The van der Waals surface area contributed by atoms with Crippen LogP contribution in [0.4, 0.5) is 0 Å². The lowest BCUT2D eigenvalue weighted by Crippen LogP contribution is -2.39. The molecule has 21 heavy (non-hydrogen) atoms. The van der Waals surface area contributed by atoms with Gasteiger partial charge in [-0.05, 0) is 55.5 Å². The number of carboxylic acid groups (broad SMARTS) is 1. The Morgan fingerprint density at radius 1 is 1.38 bits per heavy atom. The van der Waals surface area contributed by atoms with E-state index in [4.69, 9.17) is 23.2 Å². The molecule has 1 fully saturated rings. The van der Waals surface area contributed by atoms with Crippen LogP contribution < -0.4 is 0 Å². The first-order valence-electron chi connectivity index (χ1n) is 7.39. The first-order valence-corrected chi connectivity index (χ1v) is 8.15. The van der Waals surface area contributed by atoms with Gasteiger partial charge in [0.2, 0.25) is 0 Å². The molecule has 2 atom stereocenters. The summed E-state index contributed by atoms with van der Waals surface area (Å²) in [7, 11) is 0. The van der Waals surface area contributed by atoms with Crippen molar-refractivity contribution in [2.75, 3.05) is 13.1 Å². The van der Waals surface area contributed by atoms with Crippen molar-refractivity contribution >= 4 is 29.2 Å². The van der Waals surface area contributed by atoms with Crippen molar-refractivity contribution in [1.82, 2.24) is 4.90 Å². The first-order chi connectivity index (χ1) is 9.99. The maximum atomic E-state index is 11.3. The summed E-state index contributed by atoms with van der Waals surface area (Å²) in [4.78, 5) is 13.6. The second kappa shape index (κ2) is 7.48. The molecule has 2 rings (SSSR count). The molecule has 0 aliphatic carbocycles. The van der Waals surface area contributed by atoms with Gasteiger partial charge in [-0.25, -0.2) is 0 Å². The number of carbonyl (C=O) groups is 1. The van der Waals surface area contributed by atoms with Crippen LogP contribution in [0.15, 0.2) is 18.2 Å². The highest BCUT2D eigenvalue weighted by molar-refractivity contribution is 6.34. The molecule has 0 amide bonds. The molecule has 5 heteroatoms. The zero-order valence-corrected chi connectivity index (χ0v) is 13.7. The van der Waals surface area contributed by atoms with Crippen molar-refractivity contribution in [2.45, 2.75) is 32.7 Å². The van der Waals surface area contributed by atoms with Gasteiger partial charge in [0.1, 0.15) is 0 Å². The third-order valence-corrected chi connectivity index (χ3v) is 4.63. The molecule has 0 radical (unpaired) electrons. The molecular formula is C16H21Cl2NO2. The van der Waals surface area contributed by atoms with Crippen molar-refractivity contribution in [2.24, 2.45) is 11.8 Å². The zero-order chi connectivity index (χ0) is 15.4. The Morgan fingerprint density at radius 2 is 2.05 bits per heavy atom. The van der Waals surface area contributed by atoms with E-state index in [1.807, 2.05) is 19.1 Å². The molecule has 1 heterocycles. The predicted molar refractivity (Wildman–Crippen MR) is 85.9 cm³/mol. The molecule has 0 aromatic heterocycles. The van der Waals surface area contributed by atoms with Crippen LogP contribution in [0.5, 0.6) is 0 Å². The minimum absolute atomic E-state index is 0.232. The van der Waals surface area contributed by atoms with Crippen molar-refractivity contribution in [3.8, 4) is 0 Å². The number of hydrogen-bond acceptors (Lipinski definition) is 2. The molecule has 0 bridgehead atoms. The highest BCUT2D eigenvalue weighted by Gasteiger charge is 2.30. The topological polar surface area (TPSA) is 40.5 Å². The second-order valence-electron chi connectivity index (χ2n) is 5.77. The molecule has 1 N–H and O–H groups in total. The minimum Gasteiger partial charge on any atom is -0.481 e. The summed E-state index contributed by atoms with van der Waals surface area (Å²) in [6.45, 7) is 4.55. The molecule has 116 valence electrons. The van der Waals surface area contributed by atoms with E-state index in [0.29, 0.717) is 16.5 Å². The number of halogens is 2. The van der Waals surface area contributed by atoms with Crippen molar-refractivity contribution in [3.63, 3.8) is 0 Å². The number of nitrogens with zero attached hydrogens (tertiary/aromatic N) is 1. The van der Waals surface area contributed by atoms with Crippen molar-refractivity contribution in [3.05, 3.63) is 33.8 Å². The van der Waals surface area contributed by atoms with Crippen LogP contribution in [0.3, 0.4) is 0 Å². The van der Waals surface area contributed by atoms with Crippen LogP contribution in [0.1, 0.15) is 31.7 Å². The van der Waals surface area contributed by atoms with Crippen LogP contribution in [0.25, 0.3) is 0 Å². The number of carboxylic acids is 1. The molecule has 3 nitrogen and oxygen atoms in total. The van der Waals surface area contributed by atoms with Gasteiger partial charge in [-0.3, -0.25) is 9.69 Å². The van der Waals surface area contributed by atoms with Gasteiger partial charge in [0.25, 0.3) is 0 Å². The average Bonchev–Trinajstić information content (AvgIpc) is 2.38. The van der Waals surface area contributed by atoms with Crippen LogP contribution in [-0.2, 0) is 11.3 Å². The second-order valence-corrected chi connectivity index (χ2v) is 6.64. The Kier molecular flexibility index (Phi) is 5.91. The van der Waals surface area contributed by atoms with Crippen molar-refractivity contribution < 1.29 is 9.90 Å². The predicted octanol–water partition coefficient (Wildman–Crippen LogP) is 4.32. The van der Waals surface area contributed by atoms with Gasteiger partial charge in [-0.15, -0.1) is 0 Å². The van der Waals surface area contributed by atoms with Gasteiger partial charge in [-0.1, -0.05) is 30.1 Å². The molecule has 0 saturated carbocycles. The molecule has 1 aliphatic heterocycles. The van der Waals surface area contributed by atoms with Gasteiger partial charge in [-0.2, -0.15) is 0 Å². The van der Waals surface area contributed by atoms with Gasteiger partial charge in [0, 0.05) is 23.1 Å². The van der Waals surface area contributed by atoms with Crippen molar-refractivity contribution in [1.29, 1.82) is 0 Å². The number of piperidine rings is 1. The lowest BCUT2D eigenvalue weighted by Gasteiger charge is -2.35. The monoisotopic (exact) mass is 329 g/mol. The maximum Gasteiger partial charge on any atom is 0.306 e. The fourth-order valence-corrected chi connectivity index (χ4v) is 3.80. The number of rotatable bonds is 5. The third-order valence-electron chi connectivity index (χ3n) is 4.20. The van der Waals surface area contributed by atoms with Gasteiger partial charge in [0.15, 0.2) is 0 Å². The molecule has 1 aliphatic rings. The zero-order valence-electron chi connectivity index (χ0n) is 12.2. The third kappa shape index (κ3) is 4.60. The first kappa shape index (κ1) is 16.6. The summed E-state index contributed by atoms with van der Waals surface area (Å²) in [5, 5.41) is 10.6. The van der Waals surface area contributed by atoms with E-state index in [2.05, 4.69) is 4.90 Å². The van der Waals surface area contributed by atoms with Gasteiger partial charge < -0.3 is 5.11 Å². The van der Waals surface area contributed by atoms with E-state index < -0.39 is 5.97 Å². The van der Waals surface area contributed by atoms with Gasteiger partial charge >= 0.3 is 5.97 Å². The lowest BCUT2D eigenvalue weighted by molar-refractivity contribution is -0.144. The molecule has 1 saturated heterocycles. The Balaban J connectivity index is 2.02. The largest absolute Gasteiger partial charge is 0.481 e. The summed E-state index contributed by atoms with van der Waals surface area (Å²) >= 11 is 12.1. The summed E-state index contributed by atoms with van der Waals surface area (Å²) < 4.78 is 0. The Hall–Kier alpha value is -0.770. The van der Waals surface area contributed by atoms with E-state index >= 15 is 0 Å². The molecule has 2 unspecified atom stereocenters. The van der Waals surface area contributed by atoms with E-state index in [1.54, 1.807) is 6.07 Å². The lowest BCUT2D eigenvalue weighted by atomic mass is 9.84. The standard InChI is InChI=1S/C16H21Cl2NO2/c1-2-15(16(20)21)12-4-3-5-19(10-12)9-11-6-13(17)8-14(18)7-11/h6-8,12,15H,2-5,9-10H2,1H3,(H,20,21). The molecule has 1 aromatic carbocycles. The Morgan fingerprint density at radius 3 is 2.62 bits per heavy atom. The molecular weight excluding hydrogens is 309 g/mol. The van der Waals surface area contributed by atoms with Crippen LogP contribution >= 0.6 is 23.2 Å². The van der Waals surface area contributed by atoms with Gasteiger partial charge in [0.05, 0.1) is 5.92 Å². The van der Waals surface area contributed by atoms with Crippen LogP contribution in [-0.4, -0.2) is 29.1 Å². The SMILES string of the molecule is CCC(C(=O)O)C1CCCN(Cc2cc(Cl)cc(Cl)c2)C1. The van der Waals surface area contributed by atoms with E-state index in [0.717, 1.165) is 38.0 Å². The quantitative estimate of drug-likeness (QED) is 0.874. The fourth-order valence-electron chi connectivity index (χ4n) is 3.23. The average molecular weight is 330 g/mol. The maximum absolute atomic E-state index is 11.3. The number of benzene rings is 1. The van der Waals surface area contributed by atoms with E-state index in [1.165, 1.54) is 0 Å². The summed E-state index contributed by atoms with van der Waals surface area (Å²) in [5.74, 6) is -0.679. The summed E-state index contributed by atoms with van der Waals surface area (Å²) in [6, 6.07) is 5.57. The summed E-state index contributed by atoms with van der Waals surface area (Å²) in [6.07, 6.45) is 2.73. The Labute approximate surface area is 135 Å². The number of aliphatic carboxylic acids is 1. The number of likely N-dealkylation sites (tertiary alicyclic amines) is 1. The highest BCUT2D eigenvalue weighted by atomic mass is 35.5.